The van der Waals surface area contributed by atoms with E-state index >= 15 is 0 Å². The van der Waals surface area contributed by atoms with E-state index in [1.165, 1.54) is 0 Å². The highest BCUT2D eigenvalue weighted by molar-refractivity contribution is 5.90. The summed E-state index contributed by atoms with van der Waals surface area (Å²) in [5.41, 5.74) is 4.37. The molecule has 2 aromatic heterocycles. The minimum absolute atomic E-state index is 0.716. The quantitative estimate of drug-likeness (QED) is 0.550. The first-order valence-electron chi connectivity index (χ1n) is 5.62. The van der Waals surface area contributed by atoms with Gasteiger partial charge in [0.2, 0.25) is 0 Å². The van der Waals surface area contributed by atoms with Gasteiger partial charge >= 0.3 is 0 Å². The van der Waals surface area contributed by atoms with E-state index in [0.29, 0.717) is 5.58 Å². The van der Waals surface area contributed by atoms with Crippen LogP contribution in [0.5, 0.6) is 0 Å². The molecule has 0 aliphatic rings. The van der Waals surface area contributed by atoms with Gasteiger partial charge in [0.05, 0.1) is 11.0 Å². The van der Waals surface area contributed by atoms with E-state index < -0.39 is 0 Å². The van der Waals surface area contributed by atoms with Gasteiger partial charge in [-0.2, -0.15) is 0 Å². The molecule has 4 rings (SSSR count). The van der Waals surface area contributed by atoms with Crippen molar-refractivity contribution in [2.75, 3.05) is 0 Å². The van der Waals surface area contributed by atoms with Crippen molar-refractivity contribution in [3.63, 3.8) is 0 Å². The number of imidazole rings is 1. The molecule has 2 heterocycles. The molecule has 4 aromatic rings. The SMILES string of the molecule is [c]1nc2c(-c3nc4ccccc4[nH]3)cccc2o1. The standard InChI is InChI=1S/C14H8N3O/c1-2-6-11-10(5-1)16-14(17-11)9-4-3-7-12-13(9)15-8-18-12/h1-7H,(H,16,17). The van der Waals surface area contributed by atoms with E-state index in [1.807, 2.05) is 42.5 Å². The second-order valence-corrected chi connectivity index (χ2v) is 4.06. The summed E-state index contributed by atoms with van der Waals surface area (Å²) in [5, 5.41) is 0. The summed E-state index contributed by atoms with van der Waals surface area (Å²) in [4.78, 5) is 12.0. The third-order valence-corrected chi connectivity index (χ3v) is 2.96. The van der Waals surface area contributed by atoms with Gasteiger partial charge in [-0.3, -0.25) is 0 Å². The Morgan fingerprint density at radius 3 is 2.94 bits per heavy atom. The highest BCUT2D eigenvalue weighted by Crippen LogP contribution is 2.26. The van der Waals surface area contributed by atoms with E-state index in [2.05, 4.69) is 21.3 Å². The molecule has 0 amide bonds. The van der Waals surface area contributed by atoms with Gasteiger partial charge in [0.15, 0.2) is 5.58 Å². The Balaban J connectivity index is 2.04. The highest BCUT2D eigenvalue weighted by atomic mass is 16.3. The van der Waals surface area contributed by atoms with Crippen molar-refractivity contribution in [1.82, 2.24) is 15.0 Å². The number of aromatic amines is 1. The van der Waals surface area contributed by atoms with Gasteiger partial charge in [-0.05, 0) is 24.3 Å². The smallest absolute Gasteiger partial charge is 0.284 e. The molecular formula is C14H8N3O. The lowest BCUT2D eigenvalue weighted by Gasteiger charge is -1.96. The molecule has 18 heavy (non-hydrogen) atoms. The maximum absolute atomic E-state index is 5.18. The third kappa shape index (κ3) is 1.26. The van der Waals surface area contributed by atoms with E-state index in [-0.39, 0.29) is 0 Å². The number of H-pyrrole nitrogens is 1. The summed E-state index contributed by atoms with van der Waals surface area (Å²) in [6.07, 6.45) is 2.51. The molecule has 4 nitrogen and oxygen atoms in total. The molecule has 2 aromatic carbocycles. The van der Waals surface area contributed by atoms with Crippen molar-refractivity contribution < 1.29 is 4.42 Å². The fourth-order valence-corrected chi connectivity index (χ4v) is 2.11. The number of oxazole rings is 1. The summed E-state index contributed by atoms with van der Waals surface area (Å²) in [6, 6.07) is 13.7. The first-order chi connectivity index (χ1) is 8.92. The maximum atomic E-state index is 5.18. The molecule has 0 saturated heterocycles. The van der Waals surface area contributed by atoms with Gasteiger partial charge in [-0.25, -0.2) is 9.97 Å². The molecule has 0 bridgehead atoms. The summed E-state index contributed by atoms with van der Waals surface area (Å²) < 4.78 is 5.18. The number of benzene rings is 2. The molecule has 0 unspecified atom stereocenters. The largest absolute Gasteiger partial charge is 0.432 e. The van der Waals surface area contributed by atoms with Gasteiger partial charge in [-0.1, -0.05) is 18.2 Å². The van der Waals surface area contributed by atoms with Crippen LogP contribution in [0.1, 0.15) is 0 Å². The minimum atomic E-state index is 0.716. The van der Waals surface area contributed by atoms with Crippen LogP contribution in [0, 0.1) is 6.39 Å². The topological polar surface area (TPSA) is 54.7 Å². The number of rotatable bonds is 1. The van der Waals surface area contributed by atoms with Crippen molar-refractivity contribution in [3.8, 4) is 11.4 Å². The number of hydrogen-bond donors (Lipinski definition) is 1. The van der Waals surface area contributed by atoms with Crippen molar-refractivity contribution >= 4 is 22.1 Å². The Bertz CT molecular complexity index is 811. The van der Waals surface area contributed by atoms with Crippen LogP contribution in [0.4, 0.5) is 0 Å². The predicted octanol–water partition coefficient (Wildman–Crippen LogP) is 3.17. The fourth-order valence-electron chi connectivity index (χ4n) is 2.11. The van der Waals surface area contributed by atoms with Crippen molar-refractivity contribution in [3.05, 3.63) is 48.9 Å². The van der Waals surface area contributed by atoms with Crippen molar-refractivity contribution in [2.45, 2.75) is 0 Å². The van der Waals surface area contributed by atoms with Crippen molar-refractivity contribution in [1.29, 1.82) is 0 Å². The molecule has 85 valence electrons. The Labute approximate surface area is 102 Å². The molecule has 4 heteroatoms. The molecule has 0 atom stereocenters. The Morgan fingerprint density at radius 1 is 1.06 bits per heavy atom. The number of para-hydroxylation sites is 3. The number of fused-ring (bicyclic) bond motifs is 2. The van der Waals surface area contributed by atoms with Gasteiger partial charge in [-0.15, -0.1) is 0 Å². The summed E-state index contributed by atoms with van der Waals surface area (Å²) in [6.45, 7) is 0. The molecule has 0 fully saturated rings. The van der Waals surface area contributed by atoms with Crippen LogP contribution in [0.3, 0.4) is 0 Å². The molecule has 0 aliphatic heterocycles. The second kappa shape index (κ2) is 3.43. The number of nitrogens with one attached hydrogen (secondary N) is 1. The lowest BCUT2D eigenvalue weighted by Crippen LogP contribution is -1.82. The van der Waals surface area contributed by atoms with Crippen LogP contribution in [0.25, 0.3) is 33.5 Å². The first-order valence-corrected chi connectivity index (χ1v) is 5.62. The lowest BCUT2D eigenvalue weighted by atomic mass is 10.2. The van der Waals surface area contributed by atoms with Gasteiger partial charge in [0, 0.05) is 5.56 Å². The monoisotopic (exact) mass is 234 g/mol. The van der Waals surface area contributed by atoms with E-state index in [9.17, 15) is 0 Å². The number of nitrogens with zero attached hydrogens (tertiary/aromatic N) is 2. The zero-order valence-corrected chi connectivity index (χ0v) is 9.34. The Morgan fingerprint density at radius 2 is 2.00 bits per heavy atom. The summed E-state index contributed by atoms with van der Waals surface area (Å²) >= 11 is 0. The average molecular weight is 234 g/mol. The number of hydrogen-bond acceptors (Lipinski definition) is 3. The zero-order chi connectivity index (χ0) is 11.9. The Kier molecular flexibility index (Phi) is 1.80. The zero-order valence-electron chi connectivity index (χ0n) is 9.34. The van der Waals surface area contributed by atoms with Crippen LogP contribution in [-0.4, -0.2) is 15.0 Å². The molecule has 0 spiro atoms. The van der Waals surface area contributed by atoms with Crippen molar-refractivity contribution in [2.24, 2.45) is 0 Å². The van der Waals surface area contributed by atoms with E-state index in [1.54, 1.807) is 0 Å². The first kappa shape index (κ1) is 9.41. The summed E-state index contributed by atoms with van der Waals surface area (Å²) in [7, 11) is 0. The fraction of sp³-hybridized carbons (Fsp3) is 0. The third-order valence-electron chi connectivity index (χ3n) is 2.96. The van der Waals surface area contributed by atoms with Crippen LogP contribution < -0.4 is 0 Å². The van der Waals surface area contributed by atoms with E-state index in [0.717, 1.165) is 27.9 Å². The molecule has 1 N–H and O–H groups in total. The minimum Gasteiger partial charge on any atom is -0.432 e. The van der Waals surface area contributed by atoms with Crippen LogP contribution in [0.15, 0.2) is 46.9 Å². The van der Waals surface area contributed by atoms with Crippen LogP contribution in [0.2, 0.25) is 0 Å². The van der Waals surface area contributed by atoms with Gasteiger partial charge in [0.1, 0.15) is 11.3 Å². The summed E-state index contributed by atoms with van der Waals surface area (Å²) in [5.74, 6) is 0.795. The van der Waals surface area contributed by atoms with Crippen LogP contribution >= 0.6 is 0 Å². The normalized spacial score (nSPS) is 11.3. The Hall–Kier alpha value is -2.62. The average Bonchev–Trinajstić information content (AvgIpc) is 3.04. The number of aromatic nitrogens is 3. The lowest BCUT2D eigenvalue weighted by molar-refractivity contribution is 0.591. The highest BCUT2D eigenvalue weighted by Gasteiger charge is 2.11. The van der Waals surface area contributed by atoms with Gasteiger partial charge < -0.3 is 9.40 Å². The van der Waals surface area contributed by atoms with Gasteiger partial charge in [0.25, 0.3) is 6.39 Å². The molecule has 1 radical (unpaired) electrons. The second-order valence-electron chi connectivity index (χ2n) is 4.06. The molecule has 0 saturated carbocycles. The van der Waals surface area contributed by atoms with Crippen LogP contribution in [-0.2, 0) is 0 Å². The van der Waals surface area contributed by atoms with E-state index in [4.69, 9.17) is 4.42 Å². The predicted molar refractivity (Wildman–Crippen MR) is 67.9 cm³/mol. The maximum Gasteiger partial charge on any atom is 0.284 e. The molecule has 0 aliphatic carbocycles. The molecular weight excluding hydrogens is 226 g/mol.